The molecule has 0 fully saturated rings. The van der Waals surface area contributed by atoms with E-state index < -0.39 is 6.10 Å². The van der Waals surface area contributed by atoms with Crippen LogP contribution in [0.25, 0.3) is 5.69 Å². The first-order chi connectivity index (χ1) is 13.1. The van der Waals surface area contributed by atoms with Crippen molar-refractivity contribution >= 4 is 5.91 Å². The van der Waals surface area contributed by atoms with Gasteiger partial charge in [0, 0.05) is 31.0 Å². The average molecular weight is 362 g/mol. The third-order valence-electron chi connectivity index (χ3n) is 4.67. The standard InChI is InChI=1S/C23H26N2O2/c1-4-24(5-2)23(26)22(19-14-12-18(3)13-15-19)27-21-11-7-6-10-20(21)25-16-8-9-17-25/h6-17,22H,4-5H2,1-3H3. The number of carbonyl (C=O) groups is 1. The minimum Gasteiger partial charge on any atom is -0.474 e. The molecule has 1 amide bonds. The molecule has 3 rings (SSSR count). The second-order valence-corrected chi connectivity index (χ2v) is 6.48. The van der Waals surface area contributed by atoms with Crippen molar-refractivity contribution in [3.8, 4) is 11.4 Å². The number of ether oxygens (including phenoxy) is 1. The Labute approximate surface area is 161 Å². The first kappa shape index (κ1) is 18.8. The molecule has 1 atom stereocenters. The van der Waals surface area contributed by atoms with Crippen molar-refractivity contribution < 1.29 is 9.53 Å². The summed E-state index contributed by atoms with van der Waals surface area (Å²) in [6, 6.07) is 19.7. The molecule has 0 aliphatic heterocycles. The highest BCUT2D eigenvalue weighted by Crippen LogP contribution is 2.29. The van der Waals surface area contributed by atoms with Gasteiger partial charge in [0.25, 0.3) is 5.91 Å². The molecule has 1 heterocycles. The highest BCUT2D eigenvalue weighted by atomic mass is 16.5. The number of benzene rings is 2. The summed E-state index contributed by atoms with van der Waals surface area (Å²) in [4.78, 5) is 15.0. The van der Waals surface area contributed by atoms with Crippen molar-refractivity contribution in [3.63, 3.8) is 0 Å². The zero-order chi connectivity index (χ0) is 19.2. The van der Waals surface area contributed by atoms with Gasteiger partial charge in [-0.15, -0.1) is 0 Å². The van der Waals surface area contributed by atoms with E-state index in [0.29, 0.717) is 18.8 Å². The van der Waals surface area contributed by atoms with Gasteiger partial charge in [-0.1, -0.05) is 42.0 Å². The van der Waals surface area contributed by atoms with Gasteiger partial charge >= 0.3 is 0 Å². The molecule has 0 N–H and O–H groups in total. The van der Waals surface area contributed by atoms with Gasteiger partial charge in [0.2, 0.25) is 6.10 Å². The van der Waals surface area contributed by atoms with Crippen molar-refractivity contribution in [1.29, 1.82) is 0 Å². The molecular formula is C23H26N2O2. The van der Waals surface area contributed by atoms with Crippen LogP contribution in [0.4, 0.5) is 0 Å². The second-order valence-electron chi connectivity index (χ2n) is 6.48. The molecule has 0 aliphatic carbocycles. The molecule has 0 spiro atoms. The lowest BCUT2D eigenvalue weighted by Gasteiger charge is -2.27. The zero-order valence-corrected chi connectivity index (χ0v) is 16.1. The Balaban J connectivity index is 2.00. The van der Waals surface area contributed by atoms with Crippen LogP contribution in [0.15, 0.2) is 73.1 Å². The predicted octanol–water partition coefficient (Wildman–Crippen LogP) is 4.77. The lowest BCUT2D eigenvalue weighted by atomic mass is 10.1. The van der Waals surface area contributed by atoms with Gasteiger partial charge in [-0.2, -0.15) is 0 Å². The molecular weight excluding hydrogens is 336 g/mol. The van der Waals surface area contributed by atoms with Crippen molar-refractivity contribution in [2.75, 3.05) is 13.1 Å². The smallest absolute Gasteiger partial charge is 0.268 e. The normalized spacial score (nSPS) is 11.8. The van der Waals surface area contributed by atoms with E-state index in [9.17, 15) is 4.79 Å². The third-order valence-corrected chi connectivity index (χ3v) is 4.67. The number of hydrogen-bond acceptors (Lipinski definition) is 2. The van der Waals surface area contributed by atoms with Crippen LogP contribution in [0.5, 0.6) is 5.75 Å². The molecule has 2 aromatic carbocycles. The highest BCUT2D eigenvalue weighted by Gasteiger charge is 2.27. The Morgan fingerprint density at radius 1 is 0.963 bits per heavy atom. The average Bonchev–Trinajstić information content (AvgIpc) is 3.23. The van der Waals surface area contributed by atoms with E-state index in [1.54, 1.807) is 0 Å². The van der Waals surface area contributed by atoms with Gasteiger partial charge in [-0.25, -0.2) is 0 Å². The second kappa shape index (κ2) is 8.58. The number of aromatic nitrogens is 1. The molecule has 3 aromatic rings. The summed E-state index contributed by atoms with van der Waals surface area (Å²) in [6.07, 6.45) is 3.26. The number of para-hydroxylation sites is 2. The number of rotatable bonds is 7. The lowest BCUT2D eigenvalue weighted by molar-refractivity contribution is -0.138. The lowest BCUT2D eigenvalue weighted by Crippen LogP contribution is -2.37. The first-order valence-corrected chi connectivity index (χ1v) is 9.38. The summed E-state index contributed by atoms with van der Waals surface area (Å²) in [5.74, 6) is 0.658. The van der Waals surface area contributed by atoms with Crippen LogP contribution >= 0.6 is 0 Å². The van der Waals surface area contributed by atoms with Crippen LogP contribution in [-0.2, 0) is 4.79 Å². The fourth-order valence-electron chi connectivity index (χ4n) is 3.10. The number of aryl methyl sites for hydroxylation is 1. The number of hydrogen-bond donors (Lipinski definition) is 0. The van der Waals surface area contributed by atoms with Crippen molar-refractivity contribution in [2.24, 2.45) is 0 Å². The minimum atomic E-state index is -0.679. The number of amides is 1. The van der Waals surface area contributed by atoms with E-state index in [1.807, 2.05) is 103 Å². The maximum atomic E-state index is 13.2. The summed E-state index contributed by atoms with van der Waals surface area (Å²) >= 11 is 0. The monoisotopic (exact) mass is 362 g/mol. The molecule has 4 heteroatoms. The maximum absolute atomic E-state index is 13.2. The van der Waals surface area contributed by atoms with Crippen LogP contribution in [0.2, 0.25) is 0 Å². The number of carbonyl (C=O) groups excluding carboxylic acids is 1. The Hall–Kier alpha value is -3.01. The van der Waals surface area contributed by atoms with Crippen LogP contribution < -0.4 is 4.74 Å². The van der Waals surface area contributed by atoms with E-state index in [-0.39, 0.29) is 5.91 Å². The third kappa shape index (κ3) is 4.22. The van der Waals surface area contributed by atoms with Crippen LogP contribution in [0, 0.1) is 6.92 Å². The Bertz CT molecular complexity index is 866. The molecule has 4 nitrogen and oxygen atoms in total. The van der Waals surface area contributed by atoms with Gasteiger partial charge in [-0.05, 0) is 45.0 Å². The minimum absolute atomic E-state index is 0.0221. The van der Waals surface area contributed by atoms with E-state index in [0.717, 1.165) is 16.8 Å². The van der Waals surface area contributed by atoms with Gasteiger partial charge in [0.05, 0.1) is 5.69 Å². The van der Waals surface area contributed by atoms with Gasteiger partial charge in [0.1, 0.15) is 5.75 Å². The topological polar surface area (TPSA) is 34.5 Å². The molecule has 140 valence electrons. The summed E-state index contributed by atoms with van der Waals surface area (Å²) < 4.78 is 8.32. The van der Waals surface area contributed by atoms with Gasteiger partial charge in [0.15, 0.2) is 0 Å². The summed E-state index contributed by atoms with van der Waals surface area (Å²) in [5.41, 5.74) is 2.92. The molecule has 1 unspecified atom stereocenters. The van der Waals surface area contributed by atoms with E-state index in [2.05, 4.69) is 0 Å². The largest absolute Gasteiger partial charge is 0.474 e. The SMILES string of the molecule is CCN(CC)C(=O)C(Oc1ccccc1-n1cccc1)c1ccc(C)cc1. The Morgan fingerprint density at radius 3 is 2.22 bits per heavy atom. The highest BCUT2D eigenvalue weighted by molar-refractivity contribution is 5.83. The number of likely N-dealkylation sites (N-methyl/N-ethyl adjacent to an activating group) is 1. The molecule has 0 aliphatic rings. The maximum Gasteiger partial charge on any atom is 0.268 e. The summed E-state index contributed by atoms with van der Waals surface area (Å²) in [5, 5.41) is 0. The Kier molecular flexibility index (Phi) is 5.97. The molecule has 0 saturated carbocycles. The molecule has 0 bridgehead atoms. The van der Waals surface area contributed by atoms with Gasteiger partial charge in [-0.3, -0.25) is 4.79 Å². The van der Waals surface area contributed by atoms with Crippen LogP contribution in [-0.4, -0.2) is 28.5 Å². The summed E-state index contributed by atoms with van der Waals surface area (Å²) in [7, 11) is 0. The fraction of sp³-hybridized carbons (Fsp3) is 0.261. The summed E-state index contributed by atoms with van der Waals surface area (Å²) in [6.45, 7) is 7.32. The predicted molar refractivity (Wildman–Crippen MR) is 108 cm³/mol. The van der Waals surface area contributed by atoms with E-state index >= 15 is 0 Å². The zero-order valence-electron chi connectivity index (χ0n) is 16.1. The Morgan fingerprint density at radius 2 is 1.59 bits per heavy atom. The first-order valence-electron chi connectivity index (χ1n) is 9.38. The molecule has 0 saturated heterocycles. The van der Waals surface area contributed by atoms with Gasteiger partial charge < -0.3 is 14.2 Å². The fourth-order valence-corrected chi connectivity index (χ4v) is 3.10. The van der Waals surface area contributed by atoms with E-state index in [4.69, 9.17) is 4.74 Å². The van der Waals surface area contributed by atoms with Crippen LogP contribution in [0.1, 0.15) is 31.1 Å². The molecule has 27 heavy (non-hydrogen) atoms. The van der Waals surface area contributed by atoms with Crippen molar-refractivity contribution in [3.05, 3.63) is 84.2 Å². The van der Waals surface area contributed by atoms with Crippen molar-refractivity contribution in [1.82, 2.24) is 9.47 Å². The molecule has 1 aromatic heterocycles. The molecule has 0 radical (unpaired) electrons. The number of nitrogens with zero attached hydrogens (tertiary/aromatic N) is 2. The van der Waals surface area contributed by atoms with Crippen LogP contribution in [0.3, 0.4) is 0 Å². The quantitative estimate of drug-likeness (QED) is 0.606. The van der Waals surface area contributed by atoms with Crippen molar-refractivity contribution in [2.45, 2.75) is 26.9 Å². The van der Waals surface area contributed by atoms with E-state index in [1.165, 1.54) is 0 Å².